The highest BCUT2D eigenvalue weighted by Crippen LogP contribution is 2.49. The zero-order valence-electron chi connectivity index (χ0n) is 9.20. The maximum Gasteiger partial charge on any atom is 0.123 e. The van der Waals surface area contributed by atoms with E-state index < -0.39 is 0 Å². The number of anilines is 1. The number of benzene rings is 1. The van der Waals surface area contributed by atoms with Gasteiger partial charge < -0.3 is 10.6 Å². The summed E-state index contributed by atoms with van der Waals surface area (Å²) >= 11 is 0. The molecule has 0 bridgehead atoms. The second kappa shape index (κ2) is 3.81. The monoisotopic (exact) mass is 208 g/mol. The molecule has 1 aliphatic rings. The molecule has 0 saturated heterocycles. The van der Waals surface area contributed by atoms with E-state index in [-0.39, 0.29) is 5.82 Å². The van der Waals surface area contributed by atoms with Gasteiger partial charge in [-0.1, -0.05) is 0 Å². The van der Waals surface area contributed by atoms with Gasteiger partial charge in [-0.3, -0.25) is 0 Å². The summed E-state index contributed by atoms with van der Waals surface area (Å²) in [5.41, 5.74) is 7.83. The van der Waals surface area contributed by atoms with E-state index in [1.165, 1.54) is 6.07 Å². The van der Waals surface area contributed by atoms with Crippen molar-refractivity contribution in [2.75, 3.05) is 25.5 Å². The molecule has 2 N–H and O–H groups in total. The number of hydrogen-bond acceptors (Lipinski definition) is 2. The van der Waals surface area contributed by atoms with Crippen LogP contribution in [-0.4, -0.2) is 20.6 Å². The predicted molar refractivity (Wildman–Crippen MR) is 60.6 cm³/mol. The van der Waals surface area contributed by atoms with Crippen LogP contribution in [0.15, 0.2) is 18.2 Å². The van der Waals surface area contributed by atoms with Crippen LogP contribution in [0, 0.1) is 11.7 Å². The Hall–Kier alpha value is -1.09. The van der Waals surface area contributed by atoms with E-state index in [4.69, 9.17) is 5.73 Å². The van der Waals surface area contributed by atoms with Crippen molar-refractivity contribution in [1.82, 2.24) is 0 Å². The highest BCUT2D eigenvalue weighted by Gasteiger charge is 2.38. The van der Waals surface area contributed by atoms with Gasteiger partial charge in [0.2, 0.25) is 0 Å². The minimum absolute atomic E-state index is 0.154. The maximum absolute atomic E-state index is 13.2. The van der Waals surface area contributed by atoms with Gasteiger partial charge in [0.1, 0.15) is 5.82 Å². The van der Waals surface area contributed by atoms with Crippen LogP contribution in [0.5, 0.6) is 0 Å². The molecule has 1 aliphatic carbocycles. The molecule has 0 radical (unpaired) electrons. The molecule has 0 aliphatic heterocycles. The fourth-order valence-electron chi connectivity index (χ4n) is 2.12. The van der Waals surface area contributed by atoms with E-state index in [1.807, 2.05) is 25.1 Å². The lowest BCUT2D eigenvalue weighted by atomic mass is 10.1. The highest BCUT2D eigenvalue weighted by molar-refractivity contribution is 5.56. The van der Waals surface area contributed by atoms with Crippen LogP contribution in [0.3, 0.4) is 0 Å². The lowest BCUT2D eigenvalue weighted by Gasteiger charge is -2.17. The van der Waals surface area contributed by atoms with E-state index in [1.54, 1.807) is 6.07 Å². The van der Waals surface area contributed by atoms with Gasteiger partial charge in [0.15, 0.2) is 0 Å². The minimum Gasteiger partial charge on any atom is -0.377 e. The van der Waals surface area contributed by atoms with Crippen molar-refractivity contribution >= 4 is 5.69 Å². The lowest BCUT2D eigenvalue weighted by Crippen LogP contribution is -2.12. The fourth-order valence-corrected chi connectivity index (χ4v) is 2.12. The van der Waals surface area contributed by atoms with E-state index in [0.29, 0.717) is 18.4 Å². The second-order valence-electron chi connectivity index (χ2n) is 4.44. The lowest BCUT2D eigenvalue weighted by molar-refractivity contribution is 0.624. The molecule has 1 fully saturated rings. The van der Waals surface area contributed by atoms with Crippen LogP contribution in [0.2, 0.25) is 0 Å². The van der Waals surface area contributed by atoms with E-state index in [2.05, 4.69) is 0 Å². The van der Waals surface area contributed by atoms with Gasteiger partial charge in [-0.05, 0) is 48.6 Å². The molecule has 0 aromatic heterocycles. The summed E-state index contributed by atoms with van der Waals surface area (Å²) < 4.78 is 13.2. The highest BCUT2D eigenvalue weighted by atomic mass is 19.1. The number of hydrogen-bond donors (Lipinski definition) is 1. The molecular weight excluding hydrogens is 191 g/mol. The second-order valence-corrected chi connectivity index (χ2v) is 4.44. The Morgan fingerprint density at radius 3 is 2.73 bits per heavy atom. The topological polar surface area (TPSA) is 29.3 Å². The number of rotatable bonds is 3. The summed E-state index contributed by atoms with van der Waals surface area (Å²) in [6.45, 7) is 0.702. The molecule has 15 heavy (non-hydrogen) atoms. The third-order valence-electron chi connectivity index (χ3n) is 3.10. The molecule has 2 unspecified atom stereocenters. The zero-order valence-corrected chi connectivity index (χ0v) is 9.20. The Labute approximate surface area is 89.9 Å². The summed E-state index contributed by atoms with van der Waals surface area (Å²) in [5, 5.41) is 0. The summed E-state index contributed by atoms with van der Waals surface area (Å²) in [6, 6.07) is 5.00. The average Bonchev–Trinajstić information content (AvgIpc) is 2.95. The van der Waals surface area contributed by atoms with E-state index in [9.17, 15) is 4.39 Å². The molecule has 2 atom stereocenters. The van der Waals surface area contributed by atoms with Gasteiger partial charge in [-0.2, -0.15) is 0 Å². The molecular formula is C12H17FN2. The summed E-state index contributed by atoms with van der Waals surface area (Å²) in [6.07, 6.45) is 1.10. The number of nitrogens with two attached hydrogens (primary N) is 1. The predicted octanol–water partition coefficient (Wildman–Crippen LogP) is 1.95. The first-order valence-electron chi connectivity index (χ1n) is 5.30. The van der Waals surface area contributed by atoms with Crippen molar-refractivity contribution in [2.45, 2.75) is 12.3 Å². The van der Waals surface area contributed by atoms with Crippen molar-refractivity contribution in [1.29, 1.82) is 0 Å². The molecule has 2 rings (SSSR count). The number of nitrogens with zero attached hydrogens (tertiary/aromatic N) is 1. The smallest absolute Gasteiger partial charge is 0.123 e. The first kappa shape index (κ1) is 10.4. The summed E-state index contributed by atoms with van der Waals surface area (Å²) in [5.74, 6) is 0.854. The van der Waals surface area contributed by atoms with Crippen molar-refractivity contribution in [3.63, 3.8) is 0 Å². The van der Waals surface area contributed by atoms with E-state index in [0.717, 1.165) is 17.7 Å². The molecule has 82 valence electrons. The molecule has 1 saturated carbocycles. The molecule has 1 aromatic rings. The summed E-state index contributed by atoms with van der Waals surface area (Å²) in [4.78, 5) is 2.03. The first-order valence-corrected chi connectivity index (χ1v) is 5.30. The van der Waals surface area contributed by atoms with Crippen LogP contribution >= 0.6 is 0 Å². The number of halogens is 1. The Morgan fingerprint density at radius 1 is 1.47 bits per heavy atom. The van der Waals surface area contributed by atoms with Crippen molar-refractivity contribution in [3.8, 4) is 0 Å². The van der Waals surface area contributed by atoms with Gasteiger partial charge in [0.05, 0.1) is 0 Å². The quantitative estimate of drug-likeness (QED) is 0.822. The van der Waals surface area contributed by atoms with Gasteiger partial charge in [0, 0.05) is 19.8 Å². The van der Waals surface area contributed by atoms with Gasteiger partial charge in [-0.25, -0.2) is 4.39 Å². The third-order valence-corrected chi connectivity index (χ3v) is 3.10. The van der Waals surface area contributed by atoms with Crippen LogP contribution in [0.1, 0.15) is 17.9 Å². The van der Waals surface area contributed by atoms with Gasteiger partial charge in [-0.15, -0.1) is 0 Å². The Bertz CT molecular complexity index is 363. The van der Waals surface area contributed by atoms with Crippen molar-refractivity contribution < 1.29 is 4.39 Å². The fraction of sp³-hybridized carbons (Fsp3) is 0.500. The maximum atomic E-state index is 13.2. The Kier molecular flexibility index (Phi) is 2.65. The molecule has 2 nitrogen and oxygen atoms in total. The first-order chi connectivity index (χ1) is 7.13. The largest absolute Gasteiger partial charge is 0.377 e. The van der Waals surface area contributed by atoms with Crippen LogP contribution in [0.4, 0.5) is 10.1 Å². The van der Waals surface area contributed by atoms with E-state index >= 15 is 0 Å². The van der Waals surface area contributed by atoms with Crippen LogP contribution in [-0.2, 0) is 0 Å². The normalized spacial score (nSPS) is 24.0. The van der Waals surface area contributed by atoms with Gasteiger partial charge in [0.25, 0.3) is 0 Å². The van der Waals surface area contributed by atoms with Crippen LogP contribution < -0.4 is 10.6 Å². The van der Waals surface area contributed by atoms with Gasteiger partial charge >= 0.3 is 0 Å². The molecule has 0 spiro atoms. The Morgan fingerprint density at radius 2 is 2.20 bits per heavy atom. The standard InChI is InChI=1S/C12H17FN2/c1-15(2)12-4-3-9(13)6-11(12)10-5-8(10)7-14/h3-4,6,8,10H,5,7,14H2,1-2H3. The SMILES string of the molecule is CN(C)c1ccc(F)cc1C1CC1CN. The molecule has 0 amide bonds. The van der Waals surface area contributed by atoms with Crippen LogP contribution in [0.25, 0.3) is 0 Å². The Balaban J connectivity index is 2.32. The molecule has 1 aromatic carbocycles. The third kappa shape index (κ3) is 1.97. The average molecular weight is 208 g/mol. The van der Waals surface area contributed by atoms with Crippen molar-refractivity contribution in [3.05, 3.63) is 29.6 Å². The minimum atomic E-state index is -0.154. The molecule has 3 heteroatoms. The zero-order chi connectivity index (χ0) is 11.0. The van der Waals surface area contributed by atoms with Crippen molar-refractivity contribution in [2.24, 2.45) is 11.7 Å². The summed E-state index contributed by atoms with van der Waals surface area (Å²) in [7, 11) is 3.97. The molecule has 0 heterocycles.